The monoisotopic (exact) mass is 457 g/mol. The van der Waals surface area contributed by atoms with Gasteiger partial charge in [0.2, 0.25) is 5.91 Å². The lowest BCUT2D eigenvalue weighted by Gasteiger charge is -2.37. The third-order valence-electron chi connectivity index (χ3n) is 6.13. The van der Waals surface area contributed by atoms with Crippen LogP contribution in [0.5, 0.6) is 0 Å². The molecule has 1 aliphatic rings. The van der Waals surface area contributed by atoms with Crippen LogP contribution in [0.3, 0.4) is 0 Å². The fourth-order valence-corrected chi connectivity index (χ4v) is 5.17. The van der Waals surface area contributed by atoms with Crippen molar-refractivity contribution in [1.29, 1.82) is 0 Å². The number of nitrogens with zero attached hydrogens (tertiary/aromatic N) is 4. The molecular formula is C26H27N5OS. The van der Waals surface area contributed by atoms with Crippen LogP contribution in [-0.4, -0.2) is 53.0 Å². The predicted molar refractivity (Wildman–Crippen MR) is 135 cm³/mol. The Balaban J connectivity index is 1.14. The van der Waals surface area contributed by atoms with Crippen molar-refractivity contribution in [2.45, 2.75) is 19.4 Å². The summed E-state index contributed by atoms with van der Waals surface area (Å²) in [7, 11) is 0. The summed E-state index contributed by atoms with van der Waals surface area (Å²) in [6.45, 7) is 5.40. The number of nitrogens with one attached hydrogen (secondary N) is 1. The highest BCUT2D eigenvalue weighted by Crippen LogP contribution is 2.24. The second-order valence-electron chi connectivity index (χ2n) is 8.33. The molecule has 0 bridgehead atoms. The van der Waals surface area contributed by atoms with E-state index in [0.29, 0.717) is 0 Å². The summed E-state index contributed by atoms with van der Waals surface area (Å²) in [5.41, 5.74) is 3.06. The highest BCUT2D eigenvalue weighted by Gasteiger charge is 2.26. The van der Waals surface area contributed by atoms with Crippen LogP contribution in [0.2, 0.25) is 0 Å². The second kappa shape index (κ2) is 9.68. The van der Waals surface area contributed by atoms with E-state index in [-0.39, 0.29) is 11.9 Å². The zero-order valence-corrected chi connectivity index (χ0v) is 19.5. The van der Waals surface area contributed by atoms with Gasteiger partial charge in [0, 0.05) is 44.5 Å². The summed E-state index contributed by atoms with van der Waals surface area (Å²) in [4.78, 5) is 26.5. The maximum Gasteiger partial charge on any atom is 0.241 e. The Morgan fingerprint density at radius 1 is 1.00 bits per heavy atom. The number of rotatable bonds is 6. The number of hydrogen-bond donors (Lipinski definition) is 1. The van der Waals surface area contributed by atoms with Crippen LogP contribution >= 0.6 is 11.3 Å². The molecular weight excluding hydrogens is 430 g/mol. The highest BCUT2D eigenvalue weighted by molar-refractivity contribution is 7.18. The summed E-state index contributed by atoms with van der Waals surface area (Å²) < 4.78 is 1.21. The first-order valence-corrected chi connectivity index (χ1v) is 12.1. The fourth-order valence-electron chi connectivity index (χ4n) is 4.17. The van der Waals surface area contributed by atoms with Crippen molar-refractivity contribution in [2.24, 2.45) is 0 Å². The first-order valence-electron chi connectivity index (χ1n) is 11.3. The molecule has 1 aliphatic heterocycles. The lowest BCUT2D eigenvalue weighted by molar-refractivity contribution is -0.120. The minimum atomic E-state index is -0.182. The van der Waals surface area contributed by atoms with Gasteiger partial charge in [-0.1, -0.05) is 30.3 Å². The number of piperazine rings is 1. The normalized spacial score (nSPS) is 15.5. The first-order chi connectivity index (χ1) is 16.2. The van der Waals surface area contributed by atoms with Crippen LogP contribution < -0.4 is 10.2 Å². The number of benzene rings is 2. The number of aromatic nitrogens is 2. The van der Waals surface area contributed by atoms with E-state index in [0.717, 1.165) is 54.6 Å². The summed E-state index contributed by atoms with van der Waals surface area (Å²) in [5.74, 6) is 1.03. The van der Waals surface area contributed by atoms with Gasteiger partial charge in [0.15, 0.2) is 0 Å². The van der Waals surface area contributed by atoms with E-state index >= 15 is 0 Å². The molecule has 0 spiro atoms. The third-order valence-corrected chi connectivity index (χ3v) is 7.17. The molecule has 1 unspecified atom stereocenters. The molecule has 2 aromatic heterocycles. The Morgan fingerprint density at radius 3 is 2.48 bits per heavy atom. The Hall–Kier alpha value is -3.29. The van der Waals surface area contributed by atoms with Gasteiger partial charge in [-0.3, -0.25) is 9.69 Å². The molecule has 1 N–H and O–H groups in total. The van der Waals surface area contributed by atoms with E-state index in [9.17, 15) is 4.79 Å². The van der Waals surface area contributed by atoms with Gasteiger partial charge < -0.3 is 10.2 Å². The van der Waals surface area contributed by atoms with Gasteiger partial charge in [-0.25, -0.2) is 9.97 Å². The van der Waals surface area contributed by atoms with E-state index in [1.165, 1.54) is 10.3 Å². The third kappa shape index (κ3) is 5.05. The quantitative estimate of drug-likeness (QED) is 0.464. The lowest BCUT2D eigenvalue weighted by Crippen LogP contribution is -2.53. The van der Waals surface area contributed by atoms with Gasteiger partial charge in [0.05, 0.1) is 21.3 Å². The molecule has 3 heterocycles. The van der Waals surface area contributed by atoms with E-state index < -0.39 is 0 Å². The van der Waals surface area contributed by atoms with E-state index in [1.54, 1.807) is 11.3 Å². The Labute approximate surface area is 197 Å². The minimum Gasteiger partial charge on any atom is -0.354 e. The topological polar surface area (TPSA) is 61.4 Å². The Bertz CT molecular complexity index is 1180. The predicted octanol–water partition coefficient (Wildman–Crippen LogP) is 4.43. The van der Waals surface area contributed by atoms with Crippen molar-refractivity contribution in [3.63, 3.8) is 0 Å². The van der Waals surface area contributed by atoms with Crippen LogP contribution in [0.15, 0.2) is 72.9 Å². The Morgan fingerprint density at radius 2 is 1.76 bits per heavy atom. The number of para-hydroxylation sites is 1. The molecule has 0 radical (unpaired) electrons. The summed E-state index contributed by atoms with van der Waals surface area (Å²) in [5, 5.41) is 4.18. The molecule has 4 aromatic rings. The molecule has 6 nitrogen and oxygen atoms in total. The first kappa shape index (κ1) is 21.6. The number of anilines is 2. The van der Waals surface area contributed by atoms with Gasteiger partial charge in [0.1, 0.15) is 5.82 Å². The van der Waals surface area contributed by atoms with Crippen molar-refractivity contribution in [1.82, 2.24) is 14.9 Å². The number of amides is 1. The second-order valence-corrected chi connectivity index (χ2v) is 9.44. The number of thiazole rings is 1. The van der Waals surface area contributed by atoms with Crippen molar-refractivity contribution >= 4 is 39.0 Å². The fraction of sp³-hybridized carbons (Fsp3) is 0.269. The number of hydrogen-bond acceptors (Lipinski definition) is 6. The zero-order chi connectivity index (χ0) is 22.6. The lowest BCUT2D eigenvalue weighted by atomic mass is 10.1. The average Bonchev–Trinajstić information content (AvgIpc) is 3.28. The van der Waals surface area contributed by atoms with Crippen molar-refractivity contribution in [3.8, 4) is 0 Å². The number of pyridine rings is 1. The summed E-state index contributed by atoms with van der Waals surface area (Å²) in [6.07, 6.45) is 2.62. The van der Waals surface area contributed by atoms with Crippen molar-refractivity contribution in [2.75, 3.05) is 36.4 Å². The van der Waals surface area contributed by atoms with E-state index in [1.807, 2.05) is 61.7 Å². The van der Waals surface area contributed by atoms with E-state index in [2.05, 4.69) is 38.3 Å². The molecule has 5 rings (SSSR count). The molecule has 1 amide bonds. The van der Waals surface area contributed by atoms with Gasteiger partial charge >= 0.3 is 0 Å². The van der Waals surface area contributed by atoms with Crippen LogP contribution in [-0.2, 0) is 11.2 Å². The molecule has 1 saturated heterocycles. The van der Waals surface area contributed by atoms with Crippen molar-refractivity contribution in [3.05, 3.63) is 83.5 Å². The molecule has 168 valence electrons. The standard InChI is InChI=1S/C26H27N5OS/c1-19(30-14-16-31(17-15-30)24-8-4-5-13-27-24)26(32)28-21-11-9-20(10-12-21)18-25-29-22-6-2-3-7-23(22)33-25/h2-13,19H,14-18H2,1H3,(H,28,32). The Kier molecular flexibility index (Phi) is 6.32. The number of carbonyl (C=O) groups is 1. The van der Waals surface area contributed by atoms with Crippen LogP contribution in [0, 0.1) is 0 Å². The van der Waals surface area contributed by atoms with Crippen LogP contribution in [0.1, 0.15) is 17.5 Å². The number of carbonyl (C=O) groups excluding carboxylic acids is 1. The molecule has 0 saturated carbocycles. The smallest absolute Gasteiger partial charge is 0.241 e. The average molecular weight is 458 g/mol. The van der Waals surface area contributed by atoms with Gasteiger partial charge in [0.25, 0.3) is 0 Å². The molecule has 2 aromatic carbocycles. The SMILES string of the molecule is CC(C(=O)Nc1ccc(Cc2nc3ccccc3s2)cc1)N1CCN(c2ccccn2)CC1. The maximum atomic E-state index is 12.9. The molecule has 1 atom stereocenters. The molecule has 33 heavy (non-hydrogen) atoms. The van der Waals surface area contributed by atoms with Crippen LogP contribution in [0.25, 0.3) is 10.2 Å². The maximum absolute atomic E-state index is 12.9. The van der Waals surface area contributed by atoms with Gasteiger partial charge in [-0.2, -0.15) is 0 Å². The van der Waals surface area contributed by atoms with Gasteiger partial charge in [-0.05, 0) is 48.9 Å². The summed E-state index contributed by atoms with van der Waals surface area (Å²) >= 11 is 1.73. The van der Waals surface area contributed by atoms with Gasteiger partial charge in [-0.15, -0.1) is 11.3 Å². The molecule has 1 fully saturated rings. The van der Waals surface area contributed by atoms with E-state index in [4.69, 9.17) is 4.98 Å². The van der Waals surface area contributed by atoms with Crippen molar-refractivity contribution < 1.29 is 4.79 Å². The molecule has 7 heteroatoms. The zero-order valence-electron chi connectivity index (χ0n) is 18.6. The largest absolute Gasteiger partial charge is 0.354 e. The minimum absolute atomic E-state index is 0.0280. The summed E-state index contributed by atoms with van der Waals surface area (Å²) in [6, 6.07) is 22.1. The van der Waals surface area contributed by atoms with Crippen LogP contribution in [0.4, 0.5) is 11.5 Å². The number of fused-ring (bicyclic) bond motifs is 1. The highest BCUT2D eigenvalue weighted by atomic mass is 32.1. The molecule has 0 aliphatic carbocycles.